The van der Waals surface area contributed by atoms with Gasteiger partial charge in [0, 0.05) is 44.8 Å². The lowest BCUT2D eigenvalue weighted by molar-refractivity contribution is 0.0722. The van der Waals surface area contributed by atoms with Crippen molar-refractivity contribution in [3.63, 3.8) is 0 Å². The van der Waals surface area contributed by atoms with Crippen molar-refractivity contribution >= 4 is 11.9 Å². The van der Waals surface area contributed by atoms with Crippen molar-refractivity contribution in [2.24, 2.45) is 0 Å². The van der Waals surface area contributed by atoms with Crippen molar-refractivity contribution in [2.75, 3.05) is 19.0 Å². The molecule has 0 spiro atoms. The van der Waals surface area contributed by atoms with Crippen LogP contribution in [0.1, 0.15) is 21.7 Å². The molecule has 0 aliphatic heterocycles. The molecule has 8 heteroatoms. The van der Waals surface area contributed by atoms with Crippen LogP contribution in [0.4, 0.5) is 5.95 Å². The van der Waals surface area contributed by atoms with Gasteiger partial charge < -0.3 is 9.80 Å². The zero-order chi connectivity index (χ0) is 21.6. The topological polar surface area (TPSA) is 90.9 Å². The Morgan fingerprint density at radius 2 is 1.74 bits per heavy atom. The Bertz CT molecular complexity index is 1130. The van der Waals surface area contributed by atoms with E-state index in [0.717, 1.165) is 22.5 Å². The molecule has 0 unspecified atom stereocenters. The Morgan fingerprint density at radius 3 is 2.42 bits per heavy atom. The van der Waals surface area contributed by atoms with Gasteiger partial charge in [-0.05, 0) is 23.8 Å². The summed E-state index contributed by atoms with van der Waals surface area (Å²) in [5, 5.41) is 6.70. The summed E-state index contributed by atoms with van der Waals surface area (Å²) in [4.78, 5) is 30.5. The van der Waals surface area contributed by atoms with Gasteiger partial charge in [0.15, 0.2) is 0 Å². The first-order chi connectivity index (χ1) is 15.1. The van der Waals surface area contributed by atoms with Crippen LogP contribution in [0.5, 0.6) is 0 Å². The van der Waals surface area contributed by atoms with E-state index >= 15 is 0 Å². The molecule has 4 rings (SSSR count). The third-order valence-corrected chi connectivity index (χ3v) is 4.77. The quantitative estimate of drug-likeness (QED) is 0.500. The van der Waals surface area contributed by atoms with Gasteiger partial charge in [0.1, 0.15) is 5.69 Å². The molecule has 0 saturated carbocycles. The fraction of sp³-hybridized carbons (Fsp3) is 0.174. The molecular weight excluding hydrogens is 390 g/mol. The number of carbonyl (C=O) groups excluding carboxylic acids is 1. The summed E-state index contributed by atoms with van der Waals surface area (Å²) in [5.74, 6) is 0.418. The lowest BCUT2D eigenvalue weighted by Gasteiger charge is -2.24. The molecule has 0 aliphatic rings. The molecule has 3 heterocycles. The minimum absolute atomic E-state index is 0.154. The summed E-state index contributed by atoms with van der Waals surface area (Å²) in [7, 11) is 3.77. The maximum atomic E-state index is 13.3. The fourth-order valence-electron chi connectivity index (χ4n) is 3.21. The average Bonchev–Trinajstić information content (AvgIpc) is 3.34. The molecule has 0 saturated heterocycles. The monoisotopic (exact) mass is 413 g/mol. The standard InChI is InChI=1S/C23H23N7O/c1-29(2)23-25-14-18(19-10-6-7-12-24-19)21(27-23)16-30(15-17-8-4-3-5-9-17)22(31)20-11-13-26-28-20/h3-14H,15-16H2,1-2H3,(H,26,28). The molecule has 0 aliphatic carbocycles. The number of pyridine rings is 1. The SMILES string of the molecule is CN(C)c1ncc(-c2ccccn2)c(CN(Cc2ccccc2)C(=O)c2ccn[nH]2)n1. The second-order valence-electron chi connectivity index (χ2n) is 7.26. The number of anilines is 1. The fourth-order valence-corrected chi connectivity index (χ4v) is 3.21. The lowest BCUT2D eigenvalue weighted by Crippen LogP contribution is -2.31. The van der Waals surface area contributed by atoms with Crippen LogP contribution < -0.4 is 4.90 Å². The summed E-state index contributed by atoms with van der Waals surface area (Å²) in [5.41, 5.74) is 3.73. The molecule has 0 fully saturated rings. The van der Waals surface area contributed by atoms with E-state index in [9.17, 15) is 4.79 Å². The van der Waals surface area contributed by atoms with E-state index in [1.54, 1.807) is 29.6 Å². The third-order valence-electron chi connectivity index (χ3n) is 4.77. The van der Waals surface area contributed by atoms with E-state index in [-0.39, 0.29) is 5.91 Å². The molecule has 1 aromatic carbocycles. The number of aromatic amines is 1. The molecule has 31 heavy (non-hydrogen) atoms. The smallest absolute Gasteiger partial charge is 0.272 e. The van der Waals surface area contributed by atoms with Crippen LogP contribution in [0.15, 0.2) is 73.2 Å². The highest BCUT2D eigenvalue weighted by atomic mass is 16.2. The molecule has 156 valence electrons. The Labute approximate surface area is 180 Å². The van der Waals surface area contributed by atoms with Crippen molar-refractivity contribution in [1.29, 1.82) is 0 Å². The molecule has 8 nitrogen and oxygen atoms in total. The van der Waals surface area contributed by atoms with Crippen LogP contribution in [0.3, 0.4) is 0 Å². The first kappa shape index (κ1) is 20.2. The number of amides is 1. The molecule has 0 bridgehead atoms. The first-order valence-electron chi connectivity index (χ1n) is 9.89. The summed E-state index contributed by atoms with van der Waals surface area (Å²) in [6, 6.07) is 17.2. The summed E-state index contributed by atoms with van der Waals surface area (Å²) >= 11 is 0. The van der Waals surface area contributed by atoms with Gasteiger partial charge in [-0.3, -0.25) is 14.9 Å². The predicted molar refractivity (Wildman–Crippen MR) is 118 cm³/mol. The number of carbonyl (C=O) groups is 1. The van der Waals surface area contributed by atoms with E-state index < -0.39 is 0 Å². The number of aromatic nitrogens is 5. The number of benzene rings is 1. The van der Waals surface area contributed by atoms with Gasteiger partial charge in [-0.2, -0.15) is 5.10 Å². The van der Waals surface area contributed by atoms with E-state index in [1.165, 1.54) is 0 Å². The Balaban J connectivity index is 1.74. The Morgan fingerprint density at radius 1 is 0.935 bits per heavy atom. The summed E-state index contributed by atoms with van der Waals surface area (Å²) in [6.45, 7) is 0.726. The van der Waals surface area contributed by atoms with E-state index in [1.807, 2.05) is 67.5 Å². The highest BCUT2D eigenvalue weighted by molar-refractivity contribution is 5.92. The minimum Gasteiger partial charge on any atom is -0.347 e. The normalized spacial score (nSPS) is 10.6. The van der Waals surface area contributed by atoms with E-state index in [0.29, 0.717) is 24.7 Å². The van der Waals surface area contributed by atoms with Crippen molar-refractivity contribution in [3.8, 4) is 11.3 Å². The van der Waals surface area contributed by atoms with Gasteiger partial charge in [-0.1, -0.05) is 36.4 Å². The summed E-state index contributed by atoms with van der Waals surface area (Å²) < 4.78 is 0. The maximum absolute atomic E-state index is 13.3. The lowest BCUT2D eigenvalue weighted by atomic mass is 10.1. The van der Waals surface area contributed by atoms with Crippen LogP contribution in [-0.2, 0) is 13.1 Å². The van der Waals surface area contributed by atoms with Gasteiger partial charge in [-0.15, -0.1) is 0 Å². The van der Waals surface area contributed by atoms with E-state index in [4.69, 9.17) is 4.98 Å². The first-order valence-corrected chi connectivity index (χ1v) is 9.89. The molecule has 3 aromatic heterocycles. The van der Waals surface area contributed by atoms with Gasteiger partial charge in [0.2, 0.25) is 5.95 Å². The molecule has 0 radical (unpaired) electrons. The number of hydrogen-bond acceptors (Lipinski definition) is 6. The van der Waals surface area contributed by atoms with Crippen LogP contribution in [0, 0.1) is 0 Å². The maximum Gasteiger partial charge on any atom is 0.272 e. The average molecular weight is 413 g/mol. The van der Waals surface area contributed by atoms with Crippen molar-refractivity contribution in [2.45, 2.75) is 13.1 Å². The highest BCUT2D eigenvalue weighted by Gasteiger charge is 2.21. The van der Waals surface area contributed by atoms with Gasteiger partial charge in [0.25, 0.3) is 5.91 Å². The Hall–Kier alpha value is -4.07. The van der Waals surface area contributed by atoms with Crippen LogP contribution in [0.25, 0.3) is 11.3 Å². The zero-order valence-corrected chi connectivity index (χ0v) is 17.4. The predicted octanol–water partition coefficient (Wildman–Crippen LogP) is 3.17. The third kappa shape index (κ3) is 4.75. The van der Waals surface area contributed by atoms with Crippen LogP contribution in [0.2, 0.25) is 0 Å². The second kappa shape index (κ2) is 9.17. The number of nitrogens with one attached hydrogen (secondary N) is 1. The van der Waals surface area contributed by atoms with Gasteiger partial charge in [-0.25, -0.2) is 9.97 Å². The van der Waals surface area contributed by atoms with Gasteiger partial charge in [0.05, 0.1) is 17.9 Å². The largest absolute Gasteiger partial charge is 0.347 e. The van der Waals surface area contributed by atoms with Crippen molar-refractivity contribution in [1.82, 2.24) is 30.0 Å². The molecular formula is C23H23N7O. The number of H-pyrrole nitrogens is 1. The highest BCUT2D eigenvalue weighted by Crippen LogP contribution is 2.24. The van der Waals surface area contributed by atoms with Crippen molar-refractivity contribution in [3.05, 3.63) is 90.1 Å². The Kier molecular flexibility index (Phi) is 5.98. The van der Waals surface area contributed by atoms with Crippen LogP contribution in [-0.4, -0.2) is 50.1 Å². The van der Waals surface area contributed by atoms with Crippen molar-refractivity contribution < 1.29 is 4.79 Å². The number of rotatable bonds is 7. The number of hydrogen-bond donors (Lipinski definition) is 1. The molecule has 0 atom stereocenters. The minimum atomic E-state index is -0.154. The molecule has 1 amide bonds. The second-order valence-corrected chi connectivity index (χ2v) is 7.26. The molecule has 4 aromatic rings. The van der Waals surface area contributed by atoms with Gasteiger partial charge >= 0.3 is 0 Å². The van der Waals surface area contributed by atoms with E-state index in [2.05, 4.69) is 20.2 Å². The molecule has 1 N–H and O–H groups in total. The zero-order valence-electron chi connectivity index (χ0n) is 17.4. The summed E-state index contributed by atoms with van der Waals surface area (Å²) in [6.07, 6.45) is 5.07. The number of nitrogens with zero attached hydrogens (tertiary/aromatic N) is 6. The van der Waals surface area contributed by atoms with Crippen LogP contribution >= 0.6 is 0 Å².